The van der Waals surface area contributed by atoms with Crippen LogP contribution in [0.3, 0.4) is 0 Å². The Kier molecular flexibility index (Phi) is 3.55. The van der Waals surface area contributed by atoms with Gasteiger partial charge in [0, 0.05) is 17.7 Å². The molecule has 2 N–H and O–H groups in total. The van der Waals surface area contributed by atoms with E-state index in [4.69, 9.17) is 0 Å². The van der Waals surface area contributed by atoms with E-state index < -0.39 is 28.8 Å². The van der Waals surface area contributed by atoms with Gasteiger partial charge in [-0.2, -0.15) is 0 Å². The van der Waals surface area contributed by atoms with Gasteiger partial charge in [-0.1, -0.05) is 6.92 Å². The van der Waals surface area contributed by atoms with Gasteiger partial charge < -0.3 is 10.4 Å². The number of nitrogens with one attached hydrogen (secondary N) is 1. The lowest BCUT2D eigenvalue weighted by atomic mass is 9.47. The van der Waals surface area contributed by atoms with Crippen LogP contribution in [0.15, 0.2) is 6.07 Å². The predicted octanol–water partition coefficient (Wildman–Crippen LogP) is 3.38. The number of alkyl halides is 2. The number of carboxylic acids is 1. The molecule has 0 saturated heterocycles. The third-order valence-corrected chi connectivity index (χ3v) is 6.33. The van der Waals surface area contributed by atoms with Gasteiger partial charge in [-0.3, -0.25) is 4.79 Å². The number of carbonyl (C=O) groups is 2. The Labute approximate surface area is 136 Å². The van der Waals surface area contributed by atoms with Crippen molar-refractivity contribution in [2.75, 3.05) is 0 Å². The van der Waals surface area contributed by atoms with Crippen LogP contribution in [0.25, 0.3) is 0 Å². The molecule has 0 aromatic carbocycles. The topological polar surface area (TPSA) is 66.4 Å². The second-order valence-electron chi connectivity index (χ2n) is 6.97. The van der Waals surface area contributed by atoms with Crippen molar-refractivity contribution in [1.29, 1.82) is 0 Å². The summed E-state index contributed by atoms with van der Waals surface area (Å²) >= 11 is 1.35. The van der Waals surface area contributed by atoms with E-state index in [9.17, 15) is 23.5 Å². The number of aryl methyl sites for hydroxylation is 2. The highest BCUT2D eigenvalue weighted by atomic mass is 32.1. The molecule has 0 aliphatic heterocycles. The lowest BCUT2D eigenvalue weighted by Gasteiger charge is -2.61. The molecular formula is C16H19F2NO3S. The number of hydrogen-bond donors (Lipinski definition) is 2. The Bertz CT molecular complexity index is 667. The second kappa shape index (κ2) is 5.00. The number of halogens is 2. The smallest absolute Gasteiger partial charge is 0.329 e. The van der Waals surface area contributed by atoms with Gasteiger partial charge in [0.1, 0.15) is 5.54 Å². The van der Waals surface area contributed by atoms with E-state index >= 15 is 0 Å². The van der Waals surface area contributed by atoms with E-state index in [0.717, 1.165) is 16.9 Å². The first-order chi connectivity index (χ1) is 10.6. The highest BCUT2D eigenvalue weighted by Gasteiger charge is 2.69. The molecule has 2 aliphatic rings. The molecular weight excluding hydrogens is 324 g/mol. The molecule has 1 aromatic rings. The van der Waals surface area contributed by atoms with Crippen LogP contribution in [0.1, 0.15) is 52.7 Å². The number of carboxylic acid groups (broad SMARTS) is 1. The lowest BCUT2D eigenvalue weighted by molar-refractivity contribution is -0.220. The monoisotopic (exact) mass is 343 g/mol. The van der Waals surface area contributed by atoms with Crippen LogP contribution in [-0.2, 0) is 11.2 Å². The zero-order chi connectivity index (χ0) is 17.0. The van der Waals surface area contributed by atoms with Crippen LogP contribution in [-0.4, -0.2) is 28.4 Å². The fraction of sp³-hybridized carbons (Fsp3) is 0.625. The van der Waals surface area contributed by atoms with Gasteiger partial charge >= 0.3 is 5.97 Å². The average molecular weight is 343 g/mol. The summed E-state index contributed by atoms with van der Waals surface area (Å²) in [5.74, 6) is -4.26. The summed E-state index contributed by atoms with van der Waals surface area (Å²) in [5.41, 5.74) is -1.01. The van der Waals surface area contributed by atoms with Crippen molar-refractivity contribution in [3.8, 4) is 0 Å². The van der Waals surface area contributed by atoms with Crippen molar-refractivity contribution in [1.82, 2.24) is 5.32 Å². The molecule has 0 unspecified atom stereocenters. The minimum Gasteiger partial charge on any atom is -0.480 e. The standard InChI is InChI=1S/C16H19F2NO3S/c1-3-10-9(2)4-11(23-10)12(20)19-15(13(21)22)5-14(6-15)7-16(17,18)8-14/h4H,3,5-8H2,1-2H3,(H,19,20)(H,21,22). The molecule has 1 amide bonds. The first-order valence-corrected chi connectivity index (χ1v) is 8.45. The van der Waals surface area contributed by atoms with Crippen LogP contribution in [0.4, 0.5) is 8.78 Å². The van der Waals surface area contributed by atoms with Crippen molar-refractivity contribution in [3.63, 3.8) is 0 Å². The number of carbonyl (C=O) groups excluding carboxylic acids is 1. The van der Waals surface area contributed by atoms with Crippen LogP contribution in [0, 0.1) is 12.3 Å². The molecule has 7 heteroatoms. The first-order valence-electron chi connectivity index (χ1n) is 7.63. The maximum atomic E-state index is 13.1. The van der Waals surface area contributed by atoms with Crippen LogP contribution >= 0.6 is 11.3 Å². The van der Waals surface area contributed by atoms with Crippen molar-refractivity contribution in [2.45, 2.75) is 57.4 Å². The molecule has 126 valence electrons. The van der Waals surface area contributed by atoms with E-state index in [1.54, 1.807) is 6.07 Å². The third-order valence-electron chi connectivity index (χ3n) is 4.95. The molecule has 2 fully saturated rings. The van der Waals surface area contributed by atoms with Gasteiger partial charge in [0.2, 0.25) is 5.92 Å². The van der Waals surface area contributed by atoms with Crippen LogP contribution < -0.4 is 5.32 Å². The fourth-order valence-corrected chi connectivity index (χ4v) is 5.09. The summed E-state index contributed by atoms with van der Waals surface area (Å²) < 4.78 is 26.2. The average Bonchev–Trinajstić information content (AvgIpc) is 2.75. The number of thiophene rings is 1. The maximum absolute atomic E-state index is 13.1. The fourth-order valence-electron chi connectivity index (χ4n) is 4.08. The molecule has 2 saturated carbocycles. The molecule has 2 aliphatic carbocycles. The van der Waals surface area contributed by atoms with Crippen LogP contribution in [0.5, 0.6) is 0 Å². The van der Waals surface area contributed by atoms with Gasteiger partial charge in [0.15, 0.2) is 0 Å². The van der Waals surface area contributed by atoms with Gasteiger partial charge in [0.05, 0.1) is 4.88 Å². The quantitative estimate of drug-likeness (QED) is 0.881. The Hall–Kier alpha value is -1.50. The largest absolute Gasteiger partial charge is 0.480 e. The SMILES string of the molecule is CCc1sc(C(=O)NC2(C(=O)O)CC3(CC(F)(F)C3)C2)cc1C. The highest BCUT2D eigenvalue weighted by Crippen LogP contribution is 2.65. The number of aliphatic carboxylic acids is 1. The zero-order valence-electron chi connectivity index (χ0n) is 13.0. The number of rotatable bonds is 4. The van der Waals surface area contributed by atoms with Gasteiger partial charge in [-0.15, -0.1) is 11.3 Å². The summed E-state index contributed by atoms with van der Waals surface area (Å²) in [7, 11) is 0. The number of hydrogen-bond acceptors (Lipinski definition) is 3. The number of amides is 1. The summed E-state index contributed by atoms with van der Waals surface area (Å²) in [5, 5.41) is 12.1. The zero-order valence-corrected chi connectivity index (χ0v) is 13.9. The van der Waals surface area contributed by atoms with Crippen molar-refractivity contribution in [3.05, 3.63) is 21.4 Å². The van der Waals surface area contributed by atoms with Gasteiger partial charge in [0.25, 0.3) is 5.91 Å². The van der Waals surface area contributed by atoms with Gasteiger partial charge in [-0.05, 0) is 43.2 Å². The minimum absolute atomic E-state index is 0.0850. The molecule has 1 heterocycles. The van der Waals surface area contributed by atoms with E-state index in [1.807, 2.05) is 13.8 Å². The Balaban J connectivity index is 1.72. The summed E-state index contributed by atoms with van der Waals surface area (Å²) in [4.78, 5) is 25.5. The van der Waals surface area contributed by atoms with Gasteiger partial charge in [-0.25, -0.2) is 13.6 Å². The summed E-state index contributed by atoms with van der Waals surface area (Å²) in [6.45, 7) is 3.90. The van der Waals surface area contributed by atoms with Crippen molar-refractivity contribution >= 4 is 23.2 Å². The molecule has 0 atom stereocenters. The normalized spacial score (nSPS) is 23.0. The molecule has 0 radical (unpaired) electrons. The second-order valence-corrected chi connectivity index (χ2v) is 8.11. The Morgan fingerprint density at radius 1 is 1.30 bits per heavy atom. The first kappa shape index (κ1) is 16.4. The van der Waals surface area contributed by atoms with E-state index in [1.165, 1.54) is 11.3 Å². The minimum atomic E-state index is -2.68. The molecule has 23 heavy (non-hydrogen) atoms. The highest BCUT2D eigenvalue weighted by molar-refractivity contribution is 7.14. The maximum Gasteiger partial charge on any atom is 0.329 e. The van der Waals surface area contributed by atoms with E-state index in [2.05, 4.69) is 5.32 Å². The Morgan fingerprint density at radius 2 is 1.91 bits per heavy atom. The molecule has 1 spiro atoms. The summed E-state index contributed by atoms with van der Waals surface area (Å²) in [6.07, 6.45) is 0.432. The molecule has 0 bridgehead atoms. The third kappa shape index (κ3) is 2.65. The Morgan fingerprint density at radius 3 is 2.35 bits per heavy atom. The van der Waals surface area contributed by atoms with Crippen molar-refractivity contribution < 1.29 is 23.5 Å². The lowest BCUT2D eigenvalue weighted by Crippen LogP contribution is -2.70. The molecule has 1 aromatic heterocycles. The molecule has 3 rings (SSSR count). The van der Waals surface area contributed by atoms with E-state index in [-0.39, 0.29) is 25.7 Å². The van der Waals surface area contributed by atoms with E-state index in [0.29, 0.717) is 4.88 Å². The predicted molar refractivity (Wildman–Crippen MR) is 82.1 cm³/mol. The van der Waals surface area contributed by atoms with Crippen molar-refractivity contribution in [2.24, 2.45) is 5.41 Å². The van der Waals surface area contributed by atoms with Crippen LogP contribution in [0.2, 0.25) is 0 Å². The summed E-state index contributed by atoms with van der Waals surface area (Å²) in [6, 6.07) is 1.75. The molecule has 4 nitrogen and oxygen atoms in total.